The molecule has 0 unspecified atom stereocenters. The van der Waals surface area contributed by atoms with Gasteiger partial charge in [-0.05, 0) is 36.8 Å². The number of para-hydroxylation sites is 1. The fourth-order valence-electron chi connectivity index (χ4n) is 3.69. The molecule has 34 heavy (non-hydrogen) atoms. The number of fused-ring (bicyclic) bond motifs is 1. The van der Waals surface area contributed by atoms with E-state index < -0.39 is 45.8 Å². The number of anilines is 1. The smallest absolute Gasteiger partial charge is 0.325 e. The third-order valence-electron chi connectivity index (χ3n) is 5.31. The van der Waals surface area contributed by atoms with Gasteiger partial charge in [-0.1, -0.05) is 18.2 Å². The lowest BCUT2D eigenvalue weighted by atomic mass is 10.1. The Morgan fingerprint density at radius 2 is 1.79 bits per heavy atom. The number of benzene rings is 2. The minimum Gasteiger partial charge on any atom is -0.493 e. The van der Waals surface area contributed by atoms with Crippen molar-refractivity contribution in [1.29, 1.82) is 0 Å². The number of amides is 2. The van der Waals surface area contributed by atoms with E-state index in [1.807, 2.05) is 0 Å². The van der Waals surface area contributed by atoms with Crippen molar-refractivity contribution in [1.82, 2.24) is 5.32 Å². The third-order valence-corrected chi connectivity index (χ3v) is 7.46. The summed E-state index contributed by atoms with van der Waals surface area (Å²) in [5.41, 5.74) is 0.455. The number of ether oxygens (including phenoxy) is 3. The molecule has 10 nitrogen and oxygen atoms in total. The molecule has 0 aromatic heterocycles. The maximum absolute atomic E-state index is 13.6. The van der Waals surface area contributed by atoms with E-state index in [1.165, 1.54) is 32.4 Å². The minimum absolute atomic E-state index is 0.0705. The molecule has 1 atom stereocenters. The zero-order valence-corrected chi connectivity index (χ0v) is 19.9. The summed E-state index contributed by atoms with van der Waals surface area (Å²) in [5, 5.41) is 1.19. The number of rotatable bonds is 8. The van der Waals surface area contributed by atoms with Crippen LogP contribution in [0, 0.1) is 0 Å². The highest BCUT2D eigenvalue weighted by Gasteiger charge is 2.40. The standard InChI is InChI=1S/C23H26N2O8S/c1-4-33-23(28)13-24-21(26)14-25-16-7-5-6-8-19(16)34(29,30)20(12-22(25)27)15-9-10-17(31-2)18(11-15)32-3/h5-11,20H,4,12-14H2,1-3H3,(H,24,26)/t20-/m1/s1. The second kappa shape index (κ2) is 10.6. The van der Waals surface area contributed by atoms with E-state index in [4.69, 9.17) is 14.2 Å². The highest BCUT2D eigenvalue weighted by molar-refractivity contribution is 7.92. The van der Waals surface area contributed by atoms with Crippen LogP contribution in [-0.4, -0.2) is 60.1 Å². The second-order valence-electron chi connectivity index (χ2n) is 7.38. The second-order valence-corrected chi connectivity index (χ2v) is 9.48. The first-order valence-corrected chi connectivity index (χ1v) is 12.0. The van der Waals surface area contributed by atoms with Gasteiger partial charge in [-0.2, -0.15) is 0 Å². The van der Waals surface area contributed by atoms with Crippen molar-refractivity contribution in [3.8, 4) is 11.5 Å². The van der Waals surface area contributed by atoms with Crippen LogP contribution >= 0.6 is 0 Å². The van der Waals surface area contributed by atoms with E-state index in [0.717, 1.165) is 4.90 Å². The van der Waals surface area contributed by atoms with Crippen molar-refractivity contribution < 1.29 is 37.0 Å². The highest BCUT2D eigenvalue weighted by Crippen LogP contribution is 2.42. The minimum atomic E-state index is -4.02. The normalized spacial score (nSPS) is 16.7. The summed E-state index contributed by atoms with van der Waals surface area (Å²) in [4.78, 5) is 38.3. The van der Waals surface area contributed by atoms with Crippen molar-refractivity contribution in [2.24, 2.45) is 0 Å². The highest BCUT2D eigenvalue weighted by atomic mass is 32.2. The van der Waals surface area contributed by atoms with Gasteiger partial charge in [0.25, 0.3) is 0 Å². The maximum atomic E-state index is 13.6. The number of hydrogen-bond acceptors (Lipinski definition) is 8. The Labute approximate surface area is 197 Å². The number of nitrogens with one attached hydrogen (secondary N) is 1. The van der Waals surface area contributed by atoms with E-state index in [9.17, 15) is 22.8 Å². The monoisotopic (exact) mass is 490 g/mol. The van der Waals surface area contributed by atoms with Crippen LogP contribution in [0.4, 0.5) is 5.69 Å². The summed E-state index contributed by atoms with van der Waals surface area (Å²) >= 11 is 0. The van der Waals surface area contributed by atoms with Gasteiger partial charge in [-0.25, -0.2) is 8.42 Å². The number of hydrogen-bond donors (Lipinski definition) is 1. The van der Waals surface area contributed by atoms with Crippen LogP contribution < -0.4 is 19.7 Å². The van der Waals surface area contributed by atoms with Gasteiger partial charge in [0.2, 0.25) is 11.8 Å². The molecular weight excluding hydrogens is 464 g/mol. The van der Waals surface area contributed by atoms with E-state index in [2.05, 4.69) is 5.32 Å². The molecule has 0 spiro atoms. The van der Waals surface area contributed by atoms with Gasteiger partial charge in [-0.3, -0.25) is 14.4 Å². The lowest BCUT2D eigenvalue weighted by Crippen LogP contribution is -2.42. The Bertz CT molecular complexity index is 1200. The molecule has 1 aliphatic heterocycles. The van der Waals surface area contributed by atoms with Crippen LogP contribution in [0.5, 0.6) is 11.5 Å². The Balaban J connectivity index is 1.97. The summed E-state index contributed by atoms with van der Waals surface area (Å²) in [7, 11) is -1.12. The molecule has 11 heteroatoms. The van der Waals surface area contributed by atoms with E-state index in [0.29, 0.717) is 17.1 Å². The predicted octanol–water partition coefficient (Wildman–Crippen LogP) is 1.63. The molecule has 0 radical (unpaired) electrons. The zero-order valence-electron chi connectivity index (χ0n) is 19.1. The lowest BCUT2D eigenvalue weighted by Gasteiger charge is -2.21. The lowest BCUT2D eigenvalue weighted by molar-refractivity contribution is -0.143. The molecule has 0 fully saturated rings. The zero-order chi connectivity index (χ0) is 24.9. The van der Waals surface area contributed by atoms with E-state index >= 15 is 0 Å². The Hall–Kier alpha value is -3.60. The number of sulfone groups is 1. The number of carbonyl (C=O) groups is 3. The number of carbonyl (C=O) groups excluding carboxylic acids is 3. The largest absolute Gasteiger partial charge is 0.493 e. The first-order chi connectivity index (χ1) is 16.2. The summed E-state index contributed by atoms with van der Waals surface area (Å²) in [6.07, 6.45) is -0.391. The molecular formula is C23H26N2O8S. The molecule has 2 amide bonds. The van der Waals surface area contributed by atoms with Crippen molar-refractivity contribution in [3.05, 3.63) is 48.0 Å². The topological polar surface area (TPSA) is 128 Å². The molecule has 1 aliphatic rings. The summed E-state index contributed by atoms with van der Waals surface area (Å²) in [6.45, 7) is 0.996. The van der Waals surface area contributed by atoms with Crippen LogP contribution in [0.3, 0.4) is 0 Å². The Morgan fingerprint density at radius 3 is 2.47 bits per heavy atom. The molecule has 3 rings (SSSR count). The van der Waals surface area contributed by atoms with Crippen molar-refractivity contribution in [2.45, 2.75) is 23.5 Å². The molecule has 1 heterocycles. The molecule has 0 saturated heterocycles. The SMILES string of the molecule is CCOC(=O)CNC(=O)CN1C(=O)C[C@H](c2ccc(OC)c(OC)c2)S(=O)(=O)c2ccccc21. The maximum Gasteiger partial charge on any atom is 0.325 e. The number of nitrogens with zero attached hydrogens (tertiary/aromatic N) is 1. The quantitative estimate of drug-likeness (QED) is 0.553. The van der Waals surface area contributed by atoms with E-state index in [-0.39, 0.29) is 23.7 Å². The van der Waals surface area contributed by atoms with Crippen LogP contribution in [0.25, 0.3) is 0 Å². The van der Waals surface area contributed by atoms with Crippen LogP contribution in [0.2, 0.25) is 0 Å². The molecule has 0 saturated carbocycles. The van der Waals surface area contributed by atoms with E-state index in [1.54, 1.807) is 31.2 Å². The van der Waals surface area contributed by atoms with Gasteiger partial charge in [0.15, 0.2) is 21.3 Å². The molecule has 2 aromatic carbocycles. The third kappa shape index (κ3) is 5.14. The van der Waals surface area contributed by atoms with Gasteiger partial charge in [0, 0.05) is 6.42 Å². The van der Waals surface area contributed by atoms with Crippen LogP contribution in [0.1, 0.15) is 24.2 Å². The molecule has 0 bridgehead atoms. The fraction of sp³-hybridized carbons (Fsp3) is 0.348. The first kappa shape index (κ1) is 25.0. The first-order valence-electron chi connectivity index (χ1n) is 10.5. The van der Waals surface area contributed by atoms with Gasteiger partial charge in [-0.15, -0.1) is 0 Å². The molecule has 1 N–H and O–H groups in total. The van der Waals surface area contributed by atoms with Gasteiger partial charge in [0.05, 0.1) is 36.7 Å². The van der Waals surface area contributed by atoms with Crippen molar-refractivity contribution in [3.63, 3.8) is 0 Å². The average Bonchev–Trinajstić information content (AvgIpc) is 2.91. The predicted molar refractivity (Wildman–Crippen MR) is 123 cm³/mol. The van der Waals surface area contributed by atoms with Gasteiger partial charge < -0.3 is 24.4 Å². The Kier molecular flexibility index (Phi) is 7.77. The van der Waals surface area contributed by atoms with Gasteiger partial charge >= 0.3 is 5.97 Å². The molecule has 2 aromatic rings. The van der Waals surface area contributed by atoms with Gasteiger partial charge in [0.1, 0.15) is 13.1 Å². The molecule has 0 aliphatic carbocycles. The van der Waals surface area contributed by atoms with Crippen molar-refractivity contribution >= 4 is 33.3 Å². The summed E-state index contributed by atoms with van der Waals surface area (Å²) in [5.74, 6) is -1.05. The summed E-state index contributed by atoms with van der Waals surface area (Å²) in [6, 6.07) is 10.7. The fourth-order valence-corrected chi connectivity index (χ4v) is 5.60. The summed E-state index contributed by atoms with van der Waals surface area (Å²) < 4.78 is 42.5. The average molecular weight is 491 g/mol. The number of methoxy groups -OCH3 is 2. The molecule has 182 valence electrons. The van der Waals surface area contributed by atoms with Crippen LogP contribution in [-0.2, 0) is 29.0 Å². The number of esters is 1. The Morgan fingerprint density at radius 1 is 1.09 bits per heavy atom. The van der Waals surface area contributed by atoms with Crippen molar-refractivity contribution in [2.75, 3.05) is 38.8 Å². The van der Waals surface area contributed by atoms with Crippen LogP contribution in [0.15, 0.2) is 47.4 Å².